The molecule has 2 aromatic heterocycles. The van der Waals surface area contributed by atoms with Crippen LogP contribution in [-0.4, -0.2) is 14.9 Å². The maximum Gasteiger partial charge on any atom is 0.273 e. The highest BCUT2D eigenvalue weighted by Gasteiger charge is 2.14. The number of aromatic amines is 1. The van der Waals surface area contributed by atoms with Crippen molar-refractivity contribution in [1.82, 2.24) is 9.97 Å². The van der Waals surface area contributed by atoms with Crippen LogP contribution < -0.4 is 0 Å². The third-order valence-corrected chi connectivity index (χ3v) is 3.33. The van der Waals surface area contributed by atoms with Gasteiger partial charge in [0.1, 0.15) is 5.82 Å². The molecule has 116 valence electrons. The molecule has 0 atom stereocenters. The van der Waals surface area contributed by atoms with E-state index >= 15 is 0 Å². The van der Waals surface area contributed by atoms with E-state index in [0.29, 0.717) is 16.8 Å². The highest BCUT2D eigenvalue weighted by atomic mass is 19.1. The predicted molar refractivity (Wildman–Crippen MR) is 84.6 cm³/mol. The van der Waals surface area contributed by atoms with E-state index in [-0.39, 0.29) is 16.9 Å². The summed E-state index contributed by atoms with van der Waals surface area (Å²) in [5.41, 5.74) is 1.36. The van der Waals surface area contributed by atoms with Crippen molar-refractivity contribution in [3.63, 3.8) is 0 Å². The molecular weight excluding hydrogens is 297 g/mol. The van der Waals surface area contributed by atoms with Crippen LogP contribution in [0.2, 0.25) is 0 Å². The van der Waals surface area contributed by atoms with Gasteiger partial charge in [0.25, 0.3) is 5.69 Å². The Morgan fingerprint density at radius 3 is 2.87 bits per heavy atom. The first-order valence-electron chi connectivity index (χ1n) is 7.86. The number of halogens is 1. The lowest BCUT2D eigenvalue weighted by Gasteiger charge is -2.08. The zero-order chi connectivity index (χ0) is 18.2. The van der Waals surface area contributed by atoms with Gasteiger partial charge in [0, 0.05) is 38.8 Å². The fraction of sp³-hybridized carbons (Fsp3) is 0.118. The third-order valence-electron chi connectivity index (χ3n) is 3.33. The molecule has 1 N–H and O–H groups in total. The first-order chi connectivity index (χ1) is 11.8. The summed E-state index contributed by atoms with van der Waals surface area (Å²) in [5.74, 6) is -0.746. The maximum absolute atomic E-state index is 13.8. The monoisotopic (exact) mass is 313 g/mol. The van der Waals surface area contributed by atoms with Crippen LogP contribution in [0, 0.1) is 22.9 Å². The minimum atomic E-state index is -1.86. The molecule has 0 saturated carbocycles. The second-order valence-electron chi connectivity index (χ2n) is 5.04. The Balaban J connectivity index is 2.14. The summed E-state index contributed by atoms with van der Waals surface area (Å²) >= 11 is 0. The zero-order valence-electron chi connectivity index (χ0n) is 14.2. The van der Waals surface area contributed by atoms with Gasteiger partial charge in [-0.1, -0.05) is 6.07 Å². The first kappa shape index (κ1) is 12.5. The number of aromatic nitrogens is 2. The summed E-state index contributed by atoms with van der Waals surface area (Å²) in [7, 11) is 0. The molecule has 0 bridgehead atoms. The smallest absolute Gasteiger partial charge is 0.273 e. The molecule has 0 spiro atoms. The van der Waals surface area contributed by atoms with Gasteiger partial charge in [0.2, 0.25) is 0 Å². The summed E-state index contributed by atoms with van der Waals surface area (Å²) in [6, 6.07) is 8.04. The van der Waals surface area contributed by atoms with E-state index in [0.717, 1.165) is 12.1 Å². The molecule has 6 heteroatoms. The van der Waals surface area contributed by atoms with E-state index in [2.05, 4.69) is 9.97 Å². The van der Waals surface area contributed by atoms with Crippen molar-refractivity contribution in [3.8, 4) is 11.3 Å². The minimum absolute atomic E-state index is 0.139. The normalized spacial score (nSPS) is 12.6. The Bertz CT molecular complexity index is 943. The Kier molecular flexibility index (Phi) is 3.26. The summed E-state index contributed by atoms with van der Waals surface area (Å²) in [6.07, 6.45) is 1.29. The van der Waals surface area contributed by atoms with Gasteiger partial charge in [-0.2, -0.15) is 0 Å². The number of nitro groups is 1. The van der Waals surface area contributed by atoms with Crippen molar-refractivity contribution >= 4 is 5.69 Å². The van der Waals surface area contributed by atoms with Crippen molar-refractivity contribution < 1.29 is 12.1 Å². The lowest BCUT2D eigenvalue weighted by Crippen LogP contribution is -1.97. The van der Waals surface area contributed by atoms with Gasteiger partial charge in [-0.15, -0.1) is 0 Å². The minimum Gasteiger partial charge on any atom is -0.367 e. The molecule has 0 unspecified atom stereocenters. The Hall–Kier alpha value is -3.02. The molecule has 0 aliphatic rings. The molecule has 2 heterocycles. The second kappa shape index (κ2) is 6.00. The van der Waals surface area contributed by atoms with E-state index in [9.17, 15) is 14.5 Å². The number of aryl methyl sites for hydroxylation is 1. The van der Waals surface area contributed by atoms with E-state index in [1.807, 2.05) is 0 Å². The van der Waals surface area contributed by atoms with Crippen LogP contribution >= 0.6 is 0 Å². The van der Waals surface area contributed by atoms with Crippen molar-refractivity contribution in [1.29, 1.82) is 0 Å². The van der Waals surface area contributed by atoms with Gasteiger partial charge in [0.15, 0.2) is 0 Å². The fourth-order valence-corrected chi connectivity index (χ4v) is 2.26. The SMILES string of the molecule is [2H]C([2H])(c1cc[nH]c1)c1ccc(C)c(-c2cc(F)cc([N+](=O)[O-])c2)n1. The maximum atomic E-state index is 13.8. The Labute approximate surface area is 134 Å². The molecule has 0 radical (unpaired) electrons. The van der Waals surface area contributed by atoms with E-state index in [4.69, 9.17) is 2.74 Å². The molecule has 0 saturated heterocycles. The largest absolute Gasteiger partial charge is 0.367 e. The average Bonchev–Trinajstić information content (AvgIpc) is 3.09. The van der Waals surface area contributed by atoms with E-state index < -0.39 is 17.1 Å². The third kappa shape index (κ3) is 3.26. The topological polar surface area (TPSA) is 71.8 Å². The number of nitrogens with one attached hydrogen (secondary N) is 1. The average molecular weight is 313 g/mol. The molecule has 0 aliphatic carbocycles. The van der Waals surface area contributed by atoms with Crippen LogP contribution in [0.15, 0.2) is 48.8 Å². The second-order valence-corrected chi connectivity index (χ2v) is 5.04. The quantitative estimate of drug-likeness (QED) is 0.584. The highest BCUT2D eigenvalue weighted by Crippen LogP contribution is 2.27. The molecule has 3 aromatic rings. The standard InChI is InChI=1S/C17H14FN3O2/c1-11-2-3-15(6-12-4-5-19-10-12)20-17(11)13-7-14(18)9-16(8-13)21(22)23/h2-5,7-10,19H,6H2,1H3/i6D2. The van der Waals surface area contributed by atoms with Crippen LogP contribution in [0.5, 0.6) is 0 Å². The molecule has 0 fully saturated rings. The first-order valence-corrected chi connectivity index (χ1v) is 6.86. The van der Waals surface area contributed by atoms with Crippen LogP contribution in [0.1, 0.15) is 19.6 Å². The van der Waals surface area contributed by atoms with Gasteiger partial charge in [-0.05, 0) is 36.2 Å². The summed E-state index contributed by atoms with van der Waals surface area (Å²) in [4.78, 5) is 17.4. The van der Waals surface area contributed by atoms with Gasteiger partial charge in [0.05, 0.1) is 16.7 Å². The lowest BCUT2D eigenvalue weighted by atomic mass is 10.0. The number of hydrogen-bond donors (Lipinski definition) is 1. The van der Waals surface area contributed by atoms with E-state index in [1.54, 1.807) is 31.3 Å². The summed E-state index contributed by atoms with van der Waals surface area (Å²) in [5, 5.41) is 11.0. The number of hydrogen-bond acceptors (Lipinski definition) is 3. The number of non-ortho nitro benzene ring substituents is 1. The molecule has 23 heavy (non-hydrogen) atoms. The van der Waals surface area contributed by atoms with Crippen molar-refractivity contribution in [3.05, 3.63) is 81.5 Å². The van der Waals surface area contributed by atoms with Crippen LogP contribution in [0.4, 0.5) is 10.1 Å². The van der Waals surface area contributed by atoms with Gasteiger partial charge in [-0.25, -0.2) is 4.39 Å². The van der Waals surface area contributed by atoms with Crippen LogP contribution in [0.3, 0.4) is 0 Å². The van der Waals surface area contributed by atoms with Gasteiger partial charge < -0.3 is 4.98 Å². The molecule has 1 aromatic carbocycles. The molecule has 3 rings (SSSR count). The number of pyridine rings is 1. The summed E-state index contributed by atoms with van der Waals surface area (Å²) < 4.78 is 30.4. The van der Waals surface area contributed by atoms with E-state index in [1.165, 1.54) is 12.3 Å². The Morgan fingerprint density at radius 1 is 1.35 bits per heavy atom. The lowest BCUT2D eigenvalue weighted by molar-refractivity contribution is -0.385. The molecule has 5 nitrogen and oxygen atoms in total. The molecular formula is C17H14FN3O2. The van der Waals surface area contributed by atoms with Crippen molar-refractivity contribution in [2.24, 2.45) is 0 Å². The summed E-state index contributed by atoms with van der Waals surface area (Å²) in [6.45, 7) is 1.73. The number of nitrogens with zero attached hydrogens (tertiary/aromatic N) is 2. The zero-order valence-corrected chi connectivity index (χ0v) is 12.2. The van der Waals surface area contributed by atoms with Crippen molar-refractivity contribution in [2.45, 2.75) is 13.3 Å². The number of nitro benzene ring substituents is 1. The van der Waals surface area contributed by atoms with Gasteiger partial charge >= 0.3 is 0 Å². The highest BCUT2D eigenvalue weighted by molar-refractivity contribution is 5.66. The Morgan fingerprint density at radius 2 is 2.17 bits per heavy atom. The molecule has 0 aliphatic heterocycles. The fourth-order valence-electron chi connectivity index (χ4n) is 2.26. The number of benzene rings is 1. The number of H-pyrrole nitrogens is 1. The van der Waals surface area contributed by atoms with Gasteiger partial charge in [-0.3, -0.25) is 15.1 Å². The van der Waals surface area contributed by atoms with Crippen LogP contribution in [-0.2, 0) is 6.37 Å². The van der Waals surface area contributed by atoms with Crippen LogP contribution in [0.25, 0.3) is 11.3 Å². The van der Waals surface area contributed by atoms with Crippen molar-refractivity contribution in [2.75, 3.05) is 0 Å². The predicted octanol–water partition coefficient (Wildman–Crippen LogP) is 4.02. The number of rotatable bonds is 4. The molecule has 0 amide bonds.